The van der Waals surface area contributed by atoms with Gasteiger partial charge < -0.3 is 15.3 Å². The number of hydrogen-bond donors (Lipinski definition) is 3. The Hall–Kier alpha value is -2.47. The van der Waals surface area contributed by atoms with Crippen molar-refractivity contribution in [3.63, 3.8) is 0 Å². The van der Waals surface area contributed by atoms with Crippen molar-refractivity contribution in [1.29, 1.82) is 0 Å². The van der Waals surface area contributed by atoms with Gasteiger partial charge in [0.1, 0.15) is 16.7 Å². The molecule has 0 unspecified atom stereocenters. The molecule has 0 aliphatic heterocycles. The molecule has 0 amide bonds. The highest BCUT2D eigenvalue weighted by Crippen LogP contribution is 2.48. The first-order valence-electron chi connectivity index (χ1n) is 6.98. The molecule has 2 aromatic carbocycles. The van der Waals surface area contributed by atoms with Crippen molar-refractivity contribution in [3.05, 3.63) is 58.7 Å². The average Bonchev–Trinajstić information content (AvgIpc) is 2.50. The Morgan fingerprint density at radius 1 is 1.04 bits per heavy atom. The van der Waals surface area contributed by atoms with E-state index in [1.54, 1.807) is 31.2 Å². The third kappa shape index (κ3) is 2.45. The lowest BCUT2D eigenvalue weighted by Crippen LogP contribution is -2.21. The van der Waals surface area contributed by atoms with E-state index in [1.165, 1.54) is 12.1 Å². The molecule has 2 aromatic rings. The topological polar surface area (TPSA) is 94.8 Å². The number of carbonyl (C=O) groups is 2. The van der Waals surface area contributed by atoms with Gasteiger partial charge in [-0.2, -0.15) is 0 Å². The third-order valence-electron chi connectivity index (χ3n) is 3.86. The van der Waals surface area contributed by atoms with Gasteiger partial charge in [-0.15, -0.1) is 11.8 Å². The number of aliphatic carboxylic acids is 1. The molecule has 1 aliphatic rings. The fourth-order valence-electron chi connectivity index (χ4n) is 2.75. The maximum atomic E-state index is 12.7. The molecular formula is C17H14O5S. The zero-order valence-corrected chi connectivity index (χ0v) is 13.0. The van der Waals surface area contributed by atoms with Crippen LogP contribution in [0.15, 0.2) is 36.4 Å². The molecule has 0 saturated heterocycles. The van der Waals surface area contributed by atoms with E-state index in [0.29, 0.717) is 11.1 Å². The maximum Gasteiger partial charge on any atom is 0.316 e. The molecule has 23 heavy (non-hydrogen) atoms. The number of ketones is 1. The van der Waals surface area contributed by atoms with E-state index in [0.717, 1.165) is 11.8 Å². The lowest BCUT2D eigenvalue weighted by Gasteiger charge is -2.29. The summed E-state index contributed by atoms with van der Waals surface area (Å²) in [7, 11) is 0. The highest BCUT2D eigenvalue weighted by molar-refractivity contribution is 8.01. The third-order valence-corrected chi connectivity index (χ3v) is 5.25. The molecule has 0 bridgehead atoms. The predicted molar refractivity (Wildman–Crippen MR) is 86.2 cm³/mol. The van der Waals surface area contributed by atoms with Crippen molar-refractivity contribution < 1.29 is 24.9 Å². The Labute approximate surface area is 136 Å². The minimum atomic E-state index is -0.963. The summed E-state index contributed by atoms with van der Waals surface area (Å²) in [5.74, 6) is -1.76. The zero-order chi connectivity index (χ0) is 16.7. The summed E-state index contributed by atoms with van der Waals surface area (Å²) >= 11 is 1.16. The lowest BCUT2D eigenvalue weighted by molar-refractivity contribution is -0.136. The van der Waals surface area contributed by atoms with Crippen LogP contribution in [0.3, 0.4) is 0 Å². The van der Waals surface area contributed by atoms with Gasteiger partial charge in [0.05, 0.1) is 16.4 Å². The average molecular weight is 330 g/mol. The number of aromatic hydroxyl groups is 2. The number of thioether (sulfide) groups is 1. The Kier molecular flexibility index (Phi) is 3.77. The van der Waals surface area contributed by atoms with Crippen LogP contribution in [0.1, 0.15) is 39.2 Å². The molecule has 0 heterocycles. The van der Waals surface area contributed by atoms with Crippen molar-refractivity contribution >= 4 is 23.5 Å². The van der Waals surface area contributed by atoms with Gasteiger partial charge >= 0.3 is 5.97 Å². The predicted octanol–water partition coefficient (Wildman–Crippen LogP) is 2.94. The van der Waals surface area contributed by atoms with E-state index >= 15 is 0 Å². The van der Waals surface area contributed by atoms with Crippen LogP contribution in [-0.4, -0.2) is 32.3 Å². The molecular weight excluding hydrogens is 316 g/mol. The highest BCUT2D eigenvalue weighted by atomic mass is 32.2. The summed E-state index contributed by atoms with van der Waals surface area (Å²) in [6, 6.07) is 9.45. The first kappa shape index (κ1) is 15.4. The van der Waals surface area contributed by atoms with Crippen molar-refractivity contribution in [1.82, 2.24) is 0 Å². The highest BCUT2D eigenvalue weighted by Gasteiger charge is 2.36. The van der Waals surface area contributed by atoms with Gasteiger partial charge in [-0.05, 0) is 30.2 Å². The van der Waals surface area contributed by atoms with Crippen molar-refractivity contribution in [2.75, 3.05) is 0 Å². The van der Waals surface area contributed by atoms with E-state index in [2.05, 4.69) is 0 Å². The number of phenolic OH excluding ortho intramolecular Hbond substituents is 2. The van der Waals surface area contributed by atoms with Gasteiger partial charge in [0.2, 0.25) is 5.78 Å². The number of carbonyl (C=O) groups excluding carboxylic acids is 1. The Morgan fingerprint density at radius 3 is 1.96 bits per heavy atom. The summed E-state index contributed by atoms with van der Waals surface area (Å²) in [5.41, 5.74) is 1.37. The van der Waals surface area contributed by atoms with Crippen LogP contribution in [0.5, 0.6) is 11.5 Å². The summed E-state index contributed by atoms with van der Waals surface area (Å²) in [4.78, 5) is 23.9. The van der Waals surface area contributed by atoms with Gasteiger partial charge in [-0.1, -0.05) is 24.3 Å². The van der Waals surface area contributed by atoms with Crippen LogP contribution in [-0.2, 0) is 4.79 Å². The quantitative estimate of drug-likeness (QED) is 0.801. The van der Waals surface area contributed by atoms with Crippen LogP contribution in [0.2, 0.25) is 0 Å². The number of hydrogen-bond acceptors (Lipinski definition) is 5. The Bertz CT molecular complexity index is 759. The van der Waals surface area contributed by atoms with Gasteiger partial charge in [-0.25, -0.2) is 0 Å². The fraction of sp³-hybridized carbons (Fsp3) is 0.176. The summed E-state index contributed by atoms with van der Waals surface area (Å²) in [5, 5.41) is 28.2. The normalized spacial score (nSPS) is 14.9. The number of rotatable bonds is 3. The number of fused-ring (bicyclic) bond motifs is 2. The molecule has 6 heteroatoms. The number of carboxylic acids is 1. The molecule has 0 spiro atoms. The van der Waals surface area contributed by atoms with Crippen LogP contribution in [0.4, 0.5) is 0 Å². The monoisotopic (exact) mass is 330 g/mol. The molecule has 1 aliphatic carbocycles. The number of benzene rings is 2. The van der Waals surface area contributed by atoms with E-state index in [1.807, 2.05) is 0 Å². The minimum absolute atomic E-state index is 0.122. The Balaban J connectivity index is 2.23. The van der Waals surface area contributed by atoms with Crippen LogP contribution in [0, 0.1) is 0 Å². The van der Waals surface area contributed by atoms with E-state index in [9.17, 15) is 24.9 Å². The van der Waals surface area contributed by atoms with Gasteiger partial charge in [0.25, 0.3) is 0 Å². The standard InChI is InChI=1S/C17H14O5S/c1-8(17(21)22)23-16-9-4-2-6-11(18)13(9)15(20)14-10(16)5-3-7-12(14)19/h2-8,16,18-19H,1H3,(H,21,22)/t8-/m1/s1. The van der Waals surface area contributed by atoms with Crippen molar-refractivity contribution in [2.45, 2.75) is 17.4 Å². The first-order chi connectivity index (χ1) is 10.9. The molecule has 0 aromatic heterocycles. The van der Waals surface area contributed by atoms with Crippen LogP contribution >= 0.6 is 11.8 Å². The summed E-state index contributed by atoms with van der Waals surface area (Å²) in [6.45, 7) is 1.56. The van der Waals surface area contributed by atoms with Gasteiger partial charge in [0.15, 0.2) is 0 Å². The molecule has 118 valence electrons. The number of carboxylic acid groups (broad SMARTS) is 1. The lowest BCUT2D eigenvalue weighted by atomic mass is 9.83. The first-order valence-corrected chi connectivity index (χ1v) is 7.92. The fourth-order valence-corrected chi connectivity index (χ4v) is 3.96. The largest absolute Gasteiger partial charge is 0.507 e. The molecule has 3 N–H and O–H groups in total. The molecule has 0 radical (unpaired) electrons. The Morgan fingerprint density at radius 2 is 1.52 bits per heavy atom. The van der Waals surface area contributed by atoms with Crippen LogP contribution in [0.25, 0.3) is 0 Å². The molecule has 0 saturated carbocycles. The molecule has 3 rings (SSSR count). The maximum absolute atomic E-state index is 12.7. The number of phenols is 2. The summed E-state index contributed by atoms with van der Waals surface area (Å²) < 4.78 is 0. The molecule has 1 atom stereocenters. The second-order valence-electron chi connectivity index (χ2n) is 5.31. The van der Waals surface area contributed by atoms with Crippen molar-refractivity contribution in [3.8, 4) is 11.5 Å². The van der Waals surface area contributed by atoms with E-state index in [-0.39, 0.29) is 22.6 Å². The molecule has 0 fully saturated rings. The minimum Gasteiger partial charge on any atom is -0.507 e. The van der Waals surface area contributed by atoms with Crippen molar-refractivity contribution in [2.24, 2.45) is 0 Å². The molecule has 5 nitrogen and oxygen atoms in total. The van der Waals surface area contributed by atoms with Gasteiger partial charge in [0, 0.05) is 0 Å². The SMILES string of the molecule is C[C@@H](SC1c2cccc(O)c2C(=O)c2c(O)cccc21)C(=O)O. The second-order valence-corrected chi connectivity index (χ2v) is 6.76. The van der Waals surface area contributed by atoms with Gasteiger partial charge in [-0.3, -0.25) is 9.59 Å². The van der Waals surface area contributed by atoms with E-state index < -0.39 is 22.3 Å². The smallest absolute Gasteiger partial charge is 0.316 e. The van der Waals surface area contributed by atoms with Crippen LogP contribution < -0.4 is 0 Å². The van der Waals surface area contributed by atoms with E-state index in [4.69, 9.17) is 0 Å². The second kappa shape index (κ2) is 5.62. The summed E-state index contributed by atoms with van der Waals surface area (Å²) in [6.07, 6.45) is 0. The zero-order valence-electron chi connectivity index (χ0n) is 12.2.